The van der Waals surface area contributed by atoms with Crippen LogP contribution < -0.4 is 5.32 Å². The smallest absolute Gasteiger partial charge is 0.256 e. The van der Waals surface area contributed by atoms with Crippen molar-refractivity contribution in [2.45, 2.75) is 38.5 Å². The van der Waals surface area contributed by atoms with Gasteiger partial charge in [0.1, 0.15) is 5.82 Å². The van der Waals surface area contributed by atoms with Crippen molar-refractivity contribution >= 4 is 21.7 Å². The molecule has 9 nitrogen and oxygen atoms in total. The normalized spacial score (nSPS) is 14.7. The molecule has 162 valence electrons. The number of nitrogens with zero attached hydrogens (tertiary/aromatic N) is 5. The number of hydrogen-bond acceptors (Lipinski definition) is 6. The maximum atomic E-state index is 12.9. The number of aryl methyl sites for hydroxylation is 3. The van der Waals surface area contributed by atoms with Gasteiger partial charge in [-0.05, 0) is 57.9 Å². The summed E-state index contributed by atoms with van der Waals surface area (Å²) in [5.41, 5.74) is 2.50. The monoisotopic (exact) mass is 440 g/mol. The van der Waals surface area contributed by atoms with Crippen molar-refractivity contribution in [1.29, 1.82) is 0 Å². The first-order chi connectivity index (χ1) is 14.7. The highest BCUT2D eigenvalue weighted by Gasteiger charge is 2.27. The fourth-order valence-corrected chi connectivity index (χ4v) is 5.17. The Balaban J connectivity index is 1.63. The van der Waals surface area contributed by atoms with E-state index in [1.807, 2.05) is 19.9 Å². The molecule has 1 aliphatic heterocycles. The van der Waals surface area contributed by atoms with Gasteiger partial charge in [-0.25, -0.2) is 18.4 Å². The van der Waals surface area contributed by atoms with Crippen LogP contribution in [0.5, 0.6) is 0 Å². The summed E-state index contributed by atoms with van der Waals surface area (Å²) in [4.78, 5) is 21.9. The van der Waals surface area contributed by atoms with E-state index in [4.69, 9.17) is 0 Å². The molecule has 0 radical (unpaired) electrons. The van der Waals surface area contributed by atoms with Crippen LogP contribution in [-0.2, 0) is 10.0 Å². The van der Waals surface area contributed by atoms with E-state index in [1.165, 1.54) is 21.1 Å². The second-order valence-electron chi connectivity index (χ2n) is 7.63. The van der Waals surface area contributed by atoms with E-state index >= 15 is 0 Å². The number of anilines is 1. The number of sulfonamides is 1. The lowest BCUT2D eigenvalue weighted by molar-refractivity contribution is 0.102. The molecule has 31 heavy (non-hydrogen) atoms. The molecule has 1 amide bonds. The Morgan fingerprint density at radius 1 is 0.968 bits per heavy atom. The highest BCUT2D eigenvalue weighted by Crippen LogP contribution is 2.22. The van der Waals surface area contributed by atoms with Crippen LogP contribution in [0.1, 0.15) is 40.3 Å². The lowest BCUT2D eigenvalue weighted by Gasteiger charge is -2.16. The molecule has 4 rings (SSSR count). The van der Waals surface area contributed by atoms with E-state index < -0.39 is 15.9 Å². The van der Waals surface area contributed by atoms with Gasteiger partial charge in [0.05, 0.1) is 10.6 Å². The van der Waals surface area contributed by atoms with Crippen molar-refractivity contribution in [3.05, 3.63) is 59.0 Å². The summed E-state index contributed by atoms with van der Waals surface area (Å²) in [6.07, 6.45) is 1.70. The van der Waals surface area contributed by atoms with Gasteiger partial charge in [-0.2, -0.15) is 14.1 Å². The quantitative estimate of drug-likeness (QED) is 0.653. The minimum atomic E-state index is -3.61. The van der Waals surface area contributed by atoms with E-state index in [-0.39, 0.29) is 10.5 Å². The number of rotatable bonds is 5. The molecule has 0 spiro atoms. The summed E-state index contributed by atoms with van der Waals surface area (Å²) >= 11 is 0. The molecule has 0 saturated carbocycles. The number of hydrogen-bond donors (Lipinski definition) is 1. The zero-order chi connectivity index (χ0) is 22.2. The van der Waals surface area contributed by atoms with Crippen LogP contribution in [0.3, 0.4) is 0 Å². The maximum absolute atomic E-state index is 12.9. The van der Waals surface area contributed by atoms with Crippen molar-refractivity contribution < 1.29 is 13.2 Å². The molecule has 1 N–H and O–H groups in total. The highest BCUT2D eigenvalue weighted by molar-refractivity contribution is 7.89. The van der Waals surface area contributed by atoms with Gasteiger partial charge in [0.2, 0.25) is 10.0 Å². The third-order valence-electron chi connectivity index (χ3n) is 5.03. The molecule has 1 aliphatic rings. The van der Waals surface area contributed by atoms with E-state index in [2.05, 4.69) is 20.4 Å². The summed E-state index contributed by atoms with van der Waals surface area (Å²) in [6, 6.07) is 9.65. The summed E-state index contributed by atoms with van der Waals surface area (Å²) in [7, 11) is -3.61. The average Bonchev–Trinajstić information content (AvgIpc) is 3.38. The molecule has 1 aromatic carbocycles. The lowest BCUT2D eigenvalue weighted by Crippen LogP contribution is -2.28. The van der Waals surface area contributed by atoms with Crippen LogP contribution in [0.15, 0.2) is 41.3 Å². The van der Waals surface area contributed by atoms with E-state index in [9.17, 15) is 13.2 Å². The molecule has 3 aromatic rings. The van der Waals surface area contributed by atoms with Crippen LogP contribution in [-0.4, -0.2) is 51.5 Å². The minimum absolute atomic E-state index is 0.115. The van der Waals surface area contributed by atoms with Crippen molar-refractivity contribution in [2.24, 2.45) is 0 Å². The Kier molecular flexibility index (Phi) is 5.59. The van der Waals surface area contributed by atoms with Crippen LogP contribution in [0.2, 0.25) is 0 Å². The molecule has 1 saturated heterocycles. The van der Waals surface area contributed by atoms with Crippen LogP contribution >= 0.6 is 0 Å². The average molecular weight is 441 g/mol. The maximum Gasteiger partial charge on any atom is 0.256 e. The van der Waals surface area contributed by atoms with Gasteiger partial charge in [0.15, 0.2) is 0 Å². The van der Waals surface area contributed by atoms with E-state index in [0.717, 1.165) is 24.2 Å². The standard InChI is InChI=1S/C21H24N6O3S/c1-14-11-15(2)23-21(22-14)27-19(12-16(3)25-27)24-20(28)17-7-6-8-18(13-17)31(29,30)26-9-4-5-10-26/h6-8,11-13H,4-5,9-10H2,1-3H3,(H,24,28). The molecule has 0 aliphatic carbocycles. The van der Waals surface area contributed by atoms with Gasteiger partial charge in [-0.1, -0.05) is 6.07 Å². The highest BCUT2D eigenvalue weighted by atomic mass is 32.2. The molecule has 0 bridgehead atoms. The molecular formula is C21H24N6O3S. The lowest BCUT2D eigenvalue weighted by atomic mass is 10.2. The SMILES string of the molecule is Cc1cc(C)nc(-n2nc(C)cc2NC(=O)c2cccc(S(=O)(=O)N3CCCC3)c2)n1. The summed E-state index contributed by atoms with van der Waals surface area (Å²) in [5.74, 6) is 0.315. The summed E-state index contributed by atoms with van der Waals surface area (Å²) in [6.45, 7) is 6.54. The number of amides is 1. The van der Waals surface area contributed by atoms with Gasteiger partial charge < -0.3 is 5.32 Å². The summed E-state index contributed by atoms with van der Waals surface area (Å²) < 4.78 is 28.6. The predicted octanol–water partition coefficient (Wildman–Crippen LogP) is 2.62. The van der Waals surface area contributed by atoms with Crippen molar-refractivity contribution in [1.82, 2.24) is 24.1 Å². The predicted molar refractivity (Wildman–Crippen MR) is 116 cm³/mol. The van der Waals surface area contributed by atoms with E-state index in [0.29, 0.717) is 30.5 Å². The number of aromatic nitrogens is 4. The number of carbonyl (C=O) groups excluding carboxylic acids is 1. The topological polar surface area (TPSA) is 110 Å². The zero-order valence-corrected chi connectivity index (χ0v) is 18.5. The zero-order valence-electron chi connectivity index (χ0n) is 17.7. The first-order valence-corrected chi connectivity index (χ1v) is 11.5. The molecule has 1 fully saturated rings. The van der Waals surface area contributed by atoms with Crippen LogP contribution in [0.4, 0.5) is 5.82 Å². The van der Waals surface area contributed by atoms with Gasteiger partial charge in [-0.15, -0.1) is 0 Å². The third kappa shape index (κ3) is 4.35. The molecule has 0 atom stereocenters. The Labute approximate surface area is 181 Å². The fraction of sp³-hybridized carbons (Fsp3) is 0.333. The van der Waals surface area contributed by atoms with Crippen molar-refractivity contribution in [3.63, 3.8) is 0 Å². The van der Waals surface area contributed by atoms with E-state index in [1.54, 1.807) is 25.1 Å². The minimum Gasteiger partial charge on any atom is -0.306 e. The van der Waals surface area contributed by atoms with Crippen LogP contribution in [0.25, 0.3) is 5.95 Å². The van der Waals surface area contributed by atoms with Crippen molar-refractivity contribution in [3.8, 4) is 5.95 Å². The van der Waals surface area contributed by atoms with Crippen molar-refractivity contribution in [2.75, 3.05) is 18.4 Å². The Hall–Kier alpha value is -3.11. The van der Waals surface area contributed by atoms with Gasteiger partial charge in [0.25, 0.3) is 11.9 Å². The Bertz CT molecular complexity index is 1230. The molecule has 2 aromatic heterocycles. The van der Waals surface area contributed by atoms with Gasteiger partial charge in [-0.3, -0.25) is 4.79 Å². The van der Waals surface area contributed by atoms with Gasteiger partial charge in [0, 0.05) is 36.1 Å². The number of nitrogens with one attached hydrogen (secondary N) is 1. The van der Waals surface area contributed by atoms with Gasteiger partial charge >= 0.3 is 0 Å². The molecule has 3 heterocycles. The molecule has 10 heteroatoms. The molecule has 0 unspecified atom stereocenters. The molecular weight excluding hydrogens is 416 g/mol. The second kappa shape index (κ2) is 8.20. The summed E-state index contributed by atoms with van der Waals surface area (Å²) in [5, 5.41) is 7.20. The second-order valence-corrected chi connectivity index (χ2v) is 9.56. The number of benzene rings is 1. The first kappa shape index (κ1) is 21.1. The third-order valence-corrected chi connectivity index (χ3v) is 6.93. The number of carbonyl (C=O) groups is 1. The Morgan fingerprint density at radius 3 is 2.32 bits per heavy atom. The largest absolute Gasteiger partial charge is 0.306 e. The Morgan fingerprint density at radius 2 is 1.65 bits per heavy atom. The van der Waals surface area contributed by atoms with Crippen LogP contribution in [0, 0.1) is 20.8 Å². The fourth-order valence-electron chi connectivity index (χ4n) is 3.61. The first-order valence-electron chi connectivity index (χ1n) is 10.0.